The number of benzene rings is 1. The van der Waals surface area contributed by atoms with Gasteiger partial charge < -0.3 is 9.84 Å². The second kappa shape index (κ2) is 5.37. The summed E-state index contributed by atoms with van der Waals surface area (Å²) in [5.74, 6) is 1.76. The van der Waals surface area contributed by atoms with E-state index in [0.717, 1.165) is 21.7 Å². The van der Waals surface area contributed by atoms with Gasteiger partial charge in [0.2, 0.25) is 0 Å². The highest BCUT2D eigenvalue weighted by Crippen LogP contribution is 2.28. The molecule has 0 atom stereocenters. The van der Waals surface area contributed by atoms with E-state index in [1.54, 1.807) is 0 Å². The van der Waals surface area contributed by atoms with E-state index in [0.29, 0.717) is 6.61 Å². The maximum absolute atomic E-state index is 9.03. The van der Waals surface area contributed by atoms with Crippen molar-refractivity contribution in [2.75, 3.05) is 13.2 Å². The van der Waals surface area contributed by atoms with Gasteiger partial charge in [-0.2, -0.15) is 0 Å². The molecule has 1 N–H and O–H groups in total. The normalized spacial score (nSPS) is 10.6. The van der Waals surface area contributed by atoms with Crippen molar-refractivity contribution in [3.8, 4) is 5.75 Å². The molecule has 0 heterocycles. The Morgan fingerprint density at radius 3 is 2.79 bits per heavy atom. The first-order chi connectivity index (χ1) is 6.69. The van der Waals surface area contributed by atoms with Gasteiger partial charge >= 0.3 is 0 Å². The van der Waals surface area contributed by atoms with Crippen molar-refractivity contribution in [1.82, 2.24) is 0 Å². The summed E-state index contributed by atoms with van der Waals surface area (Å²) in [6.45, 7) is 4.56. The highest BCUT2D eigenvalue weighted by atomic mass is 79.9. The Morgan fingerprint density at radius 2 is 2.21 bits per heavy atom. The van der Waals surface area contributed by atoms with Gasteiger partial charge in [-0.05, 0) is 30.7 Å². The number of aliphatic hydroxyl groups is 1. The number of hydrogen-bond donors (Lipinski definition) is 1. The lowest BCUT2D eigenvalue weighted by atomic mass is 10.0. The minimum absolute atomic E-state index is 0.0637. The van der Waals surface area contributed by atoms with Gasteiger partial charge in [-0.15, -0.1) is 0 Å². The van der Waals surface area contributed by atoms with E-state index in [4.69, 9.17) is 9.84 Å². The molecular weight excluding hydrogens is 244 g/mol. The topological polar surface area (TPSA) is 29.5 Å². The standard InChI is InChI=1S/C11H14BrO2/c1-3-14-9-4-5-11(12)10(6-9)8(2)7-13/h4-6,13H,3,7H2,1-2H3. The fourth-order valence-corrected chi connectivity index (χ4v) is 1.76. The summed E-state index contributed by atoms with van der Waals surface area (Å²) < 4.78 is 6.36. The molecule has 3 heteroatoms. The maximum atomic E-state index is 9.03. The van der Waals surface area contributed by atoms with Gasteiger partial charge in [0, 0.05) is 10.4 Å². The van der Waals surface area contributed by atoms with Crippen LogP contribution in [-0.2, 0) is 0 Å². The van der Waals surface area contributed by atoms with E-state index in [1.807, 2.05) is 32.0 Å². The smallest absolute Gasteiger partial charge is 0.119 e. The monoisotopic (exact) mass is 257 g/mol. The summed E-state index contributed by atoms with van der Waals surface area (Å²) >= 11 is 3.44. The predicted molar refractivity (Wildman–Crippen MR) is 60.4 cm³/mol. The first-order valence-corrected chi connectivity index (χ1v) is 5.34. The Bertz CT molecular complexity index is 299. The third-order valence-electron chi connectivity index (χ3n) is 1.95. The highest BCUT2D eigenvalue weighted by Gasteiger charge is 2.09. The number of hydrogen-bond acceptors (Lipinski definition) is 2. The molecule has 1 aromatic carbocycles. The largest absolute Gasteiger partial charge is 0.494 e. The Labute approximate surface area is 93.0 Å². The third-order valence-corrected chi connectivity index (χ3v) is 2.64. The lowest BCUT2D eigenvalue weighted by Crippen LogP contribution is -2.02. The maximum Gasteiger partial charge on any atom is 0.119 e. The fraction of sp³-hybridized carbons (Fsp3) is 0.364. The van der Waals surface area contributed by atoms with Gasteiger partial charge in [0.15, 0.2) is 0 Å². The van der Waals surface area contributed by atoms with Crippen LogP contribution in [0.25, 0.3) is 0 Å². The van der Waals surface area contributed by atoms with Crippen LogP contribution in [0.2, 0.25) is 0 Å². The third kappa shape index (κ3) is 2.72. The second-order valence-electron chi connectivity index (χ2n) is 3.01. The molecule has 0 saturated heterocycles. The first kappa shape index (κ1) is 11.5. The van der Waals surface area contributed by atoms with Crippen LogP contribution in [0.4, 0.5) is 0 Å². The SMILES string of the molecule is CCOc1ccc(Br)c([C](C)CO)c1. The Hall–Kier alpha value is -0.540. The molecule has 1 aromatic rings. The number of aliphatic hydroxyl groups excluding tert-OH is 1. The molecule has 0 aliphatic heterocycles. The summed E-state index contributed by atoms with van der Waals surface area (Å²) in [5, 5.41) is 9.03. The Balaban J connectivity index is 2.95. The highest BCUT2D eigenvalue weighted by molar-refractivity contribution is 9.10. The average Bonchev–Trinajstić information content (AvgIpc) is 2.20. The zero-order valence-electron chi connectivity index (χ0n) is 8.38. The van der Waals surface area contributed by atoms with E-state index in [1.165, 1.54) is 0 Å². The van der Waals surface area contributed by atoms with Crippen molar-refractivity contribution >= 4 is 15.9 Å². The van der Waals surface area contributed by atoms with Gasteiger partial charge in [-0.1, -0.05) is 22.9 Å². The molecule has 0 saturated carbocycles. The van der Waals surface area contributed by atoms with Gasteiger partial charge in [-0.25, -0.2) is 0 Å². The van der Waals surface area contributed by atoms with Crippen LogP contribution in [0.15, 0.2) is 22.7 Å². The molecular formula is C11H14BrO2. The van der Waals surface area contributed by atoms with Gasteiger partial charge in [0.05, 0.1) is 13.2 Å². The van der Waals surface area contributed by atoms with Crippen LogP contribution in [-0.4, -0.2) is 18.3 Å². The van der Waals surface area contributed by atoms with E-state index in [-0.39, 0.29) is 6.61 Å². The zero-order valence-corrected chi connectivity index (χ0v) is 9.97. The van der Waals surface area contributed by atoms with Crippen LogP contribution < -0.4 is 4.74 Å². The zero-order chi connectivity index (χ0) is 10.6. The predicted octanol–water partition coefficient (Wildman–Crippen LogP) is 2.78. The number of rotatable bonds is 4. The van der Waals surface area contributed by atoms with E-state index < -0.39 is 0 Å². The van der Waals surface area contributed by atoms with E-state index in [2.05, 4.69) is 15.9 Å². The molecule has 0 aliphatic carbocycles. The molecule has 0 aliphatic rings. The molecule has 0 aromatic heterocycles. The lowest BCUT2D eigenvalue weighted by molar-refractivity contribution is 0.314. The molecule has 0 unspecified atom stereocenters. The summed E-state index contributed by atoms with van der Waals surface area (Å²) in [6, 6.07) is 5.76. The van der Waals surface area contributed by atoms with Gasteiger partial charge in [-0.3, -0.25) is 0 Å². The average molecular weight is 258 g/mol. The molecule has 2 nitrogen and oxygen atoms in total. The number of halogens is 1. The van der Waals surface area contributed by atoms with Gasteiger partial charge in [0.1, 0.15) is 5.75 Å². The molecule has 0 amide bonds. The minimum Gasteiger partial charge on any atom is -0.494 e. The van der Waals surface area contributed by atoms with Crippen molar-refractivity contribution in [3.63, 3.8) is 0 Å². The molecule has 1 rings (SSSR count). The van der Waals surface area contributed by atoms with Crippen LogP contribution in [0.3, 0.4) is 0 Å². The van der Waals surface area contributed by atoms with Crippen LogP contribution in [0, 0.1) is 5.92 Å². The van der Waals surface area contributed by atoms with Crippen LogP contribution >= 0.6 is 15.9 Å². The molecule has 0 bridgehead atoms. The molecule has 0 spiro atoms. The second-order valence-corrected chi connectivity index (χ2v) is 3.87. The van der Waals surface area contributed by atoms with Crippen LogP contribution in [0.1, 0.15) is 19.4 Å². The van der Waals surface area contributed by atoms with E-state index >= 15 is 0 Å². The van der Waals surface area contributed by atoms with Gasteiger partial charge in [0.25, 0.3) is 0 Å². The molecule has 77 valence electrons. The van der Waals surface area contributed by atoms with E-state index in [9.17, 15) is 0 Å². The first-order valence-electron chi connectivity index (χ1n) is 4.55. The Kier molecular flexibility index (Phi) is 4.42. The Morgan fingerprint density at radius 1 is 1.50 bits per heavy atom. The molecule has 1 radical (unpaired) electrons. The summed E-state index contributed by atoms with van der Waals surface area (Å²) in [6.07, 6.45) is 0. The fourth-order valence-electron chi connectivity index (χ4n) is 1.17. The minimum atomic E-state index is 0.0637. The molecule has 0 fully saturated rings. The molecule has 14 heavy (non-hydrogen) atoms. The lowest BCUT2D eigenvalue weighted by Gasteiger charge is -2.12. The summed E-state index contributed by atoms with van der Waals surface area (Å²) in [5.41, 5.74) is 0.999. The van der Waals surface area contributed by atoms with Crippen molar-refractivity contribution in [2.24, 2.45) is 0 Å². The van der Waals surface area contributed by atoms with Crippen LogP contribution in [0.5, 0.6) is 5.75 Å². The van der Waals surface area contributed by atoms with Crippen molar-refractivity contribution in [2.45, 2.75) is 13.8 Å². The summed E-state index contributed by atoms with van der Waals surface area (Å²) in [4.78, 5) is 0. The quantitative estimate of drug-likeness (QED) is 0.899. The van der Waals surface area contributed by atoms with Crippen molar-refractivity contribution in [1.29, 1.82) is 0 Å². The van der Waals surface area contributed by atoms with Crippen molar-refractivity contribution in [3.05, 3.63) is 34.2 Å². The summed E-state index contributed by atoms with van der Waals surface area (Å²) in [7, 11) is 0. The number of ether oxygens (including phenoxy) is 1. The van der Waals surface area contributed by atoms with Crippen molar-refractivity contribution < 1.29 is 9.84 Å².